The predicted octanol–water partition coefficient (Wildman–Crippen LogP) is 5.55. The first-order valence-corrected chi connectivity index (χ1v) is 7.48. The van der Waals surface area contributed by atoms with Crippen LogP contribution in [0.3, 0.4) is 0 Å². The Labute approximate surface area is 120 Å². The molecular weight excluding hydrogens is 250 g/mol. The average molecular weight is 271 g/mol. The van der Waals surface area contributed by atoms with Crippen LogP contribution in [-0.2, 0) is 0 Å². The van der Waals surface area contributed by atoms with Gasteiger partial charge in [0.05, 0.1) is 0 Å². The first kappa shape index (κ1) is 14.0. The van der Waals surface area contributed by atoms with Crippen molar-refractivity contribution in [2.24, 2.45) is 0 Å². The molecule has 0 spiro atoms. The zero-order valence-electron chi connectivity index (χ0n) is 12.0. The molecule has 100 valence electrons. The summed E-state index contributed by atoms with van der Waals surface area (Å²) in [5, 5.41) is 0. The molecule has 0 aliphatic carbocycles. The van der Waals surface area contributed by atoms with Gasteiger partial charge in [-0.3, -0.25) is 0 Å². The van der Waals surface area contributed by atoms with Crippen molar-refractivity contribution in [1.82, 2.24) is 0 Å². The second kappa shape index (κ2) is 6.16. The molecule has 1 nitrogen and oxygen atoms in total. The van der Waals surface area contributed by atoms with Gasteiger partial charge in [0.15, 0.2) is 0 Å². The molecule has 2 rings (SSSR count). The van der Waals surface area contributed by atoms with E-state index in [1.165, 1.54) is 21.6 Å². The number of benzene rings is 2. The Morgan fingerprint density at radius 1 is 0.947 bits per heavy atom. The molecule has 0 atom stereocenters. The van der Waals surface area contributed by atoms with E-state index in [1.54, 1.807) is 11.9 Å². The summed E-state index contributed by atoms with van der Waals surface area (Å²) in [6.45, 7) is 8.75. The molecule has 2 aromatic carbocycles. The van der Waals surface area contributed by atoms with E-state index in [-0.39, 0.29) is 0 Å². The van der Waals surface area contributed by atoms with Crippen LogP contribution in [0, 0.1) is 13.8 Å². The van der Waals surface area contributed by atoms with Gasteiger partial charge in [0.1, 0.15) is 0 Å². The van der Waals surface area contributed by atoms with Gasteiger partial charge in [0, 0.05) is 10.6 Å². The van der Waals surface area contributed by atoms with Crippen molar-refractivity contribution in [3.8, 4) is 0 Å². The fraction of sp³-hybridized carbons (Fsp3) is 0.294. The second-order valence-electron chi connectivity index (χ2n) is 5.18. The molecule has 0 heterocycles. The molecule has 2 heteroatoms. The highest BCUT2D eigenvalue weighted by molar-refractivity contribution is 8.00. The van der Waals surface area contributed by atoms with E-state index in [0.29, 0.717) is 5.92 Å². The minimum absolute atomic E-state index is 0.584. The van der Waals surface area contributed by atoms with Gasteiger partial charge in [-0.1, -0.05) is 38.1 Å². The summed E-state index contributed by atoms with van der Waals surface area (Å²) in [6, 6.07) is 15.1. The Hall–Kier alpha value is -1.41. The van der Waals surface area contributed by atoms with Crippen LogP contribution in [0.15, 0.2) is 47.4 Å². The van der Waals surface area contributed by atoms with Crippen molar-refractivity contribution in [3.05, 3.63) is 59.2 Å². The monoisotopic (exact) mass is 271 g/mol. The van der Waals surface area contributed by atoms with E-state index in [4.69, 9.17) is 0 Å². The van der Waals surface area contributed by atoms with Crippen LogP contribution in [0.25, 0.3) is 0 Å². The van der Waals surface area contributed by atoms with Crippen LogP contribution < -0.4 is 4.72 Å². The number of nitrogens with one attached hydrogen (secondary N) is 1. The summed E-state index contributed by atoms with van der Waals surface area (Å²) < 4.78 is 3.41. The highest BCUT2D eigenvalue weighted by Gasteiger charge is 2.02. The molecule has 0 amide bonds. The van der Waals surface area contributed by atoms with Crippen LogP contribution in [-0.4, -0.2) is 0 Å². The molecule has 0 unspecified atom stereocenters. The molecule has 2 aromatic rings. The summed E-state index contributed by atoms with van der Waals surface area (Å²) in [5.41, 5.74) is 5.21. The lowest BCUT2D eigenvalue weighted by atomic mass is 10.0. The molecule has 0 bridgehead atoms. The molecule has 19 heavy (non-hydrogen) atoms. The minimum Gasteiger partial charge on any atom is -0.326 e. The van der Waals surface area contributed by atoms with Gasteiger partial charge in [-0.05, 0) is 66.6 Å². The number of hydrogen-bond donors (Lipinski definition) is 1. The standard InChI is InChI=1S/C17H21NS/c1-12(2)15-8-10-16(11-9-15)18-19-17-7-5-6-13(3)14(17)4/h5-12,18H,1-4H3. The summed E-state index contributed by atoms with van der Waals surface area (Å²) in [4.78, 5) is 1.29. The van der Waals surface area contributed by atoms with E-state index >= 15 is 0 Å². The van der Waals surface area contributed by atoms with Crippen molar-refractivity contribution in [2.45, 2.75) is 38.5 Å². The maximum absolute atomic E-state index is 3.41. The summed E-state index contributed by atoms with van der Waals surface area (Å²) in [7, 11) is 0. The Balaban J connectivity index is 2.04. The van der Waals surface area contributed by atoms with Gasteiger partial charge >= 0.3 is 0 Å². The first-order valence-electron chi connectivity index (χ1n) is 6.67. The number of hydrogen-bond acceptors (Lipinski definition) is 2. The minimum atomic E-state index is 0.584. The lowest BCUT2D eigenvalue weighted by Gasteiger charge is -2.11. The Bertz CT molecular complexity index is 544. The van der Waals surface area contributed by atoms with Crippen LogP contribution in [0.5, 0.6) is 0 Å². The fourth-order valence-electron chi connectivity index (χ4n) is 1.88. The SMILES string of the molecule is Cc1cccc(SNc2ccc(C(C)C)cc2)c1C. The van der Waals surface area contributed by atoms with Gasteiger partial charge in [0.25, 0.3) is 0 Å². The second-order valence-corrected chi connectivity index (χ2v) is 6.03. The summed E-state index contributed by atoms with van der Waals surface area (Å²) >= 11 is 1.68. The van der Waals surface area contributed by atoms with Crippen molar-refractivity contribution in [1.29, 1.82) is 0 Å². The first-order chi connectivity index (χ1) is 9.08. The smallest absolute Gasteiger partial charge is 0.0443 e. The van der Waals surface area contributed by atoms with Crippen molar-refractivity contribution in [2.75, 3.05) is 4.72 Å². The largest absolute Gasteiger partial charge is 0.326 e. The molecule has 0 aliphatic heterocycles. The van der Waals surface area contributed by atoms with E-state index in [1.807, 2.05) is 0 Å². The molecular formula is C17H21NS. The Kier molecular flexibility index (Phi) is 4.54. The molecule has 0 saturated heterocycles. The lowest BCUT2D eigenvalue weighted by molar-refractivity contribution is 0.867. The Morgan fingerprint density at radius 2 is 1.63 bits per heavy atom. The van der Waals surface area contributed by atoms with E-state index < -0.39 is 0 Å². The van der Waals surface area contributed by atoms with Crippen molar-refractivity contribution in [3.63, 3.8) is 0 Å². The zero-order chi connectivity index (χ0) is 13.8. The molecule has 1 N–H and O–H groups in total. The third-order valence-corrected chi connectivity index (χ3v) is 4.41. The van der Waals surface area contributed by atoms with Crippen LogP contribution in [0.4, 0.5) is 5.69 Å². The maximum Gasteiger partial charge on any atom is 0.0443 e. The van der Waals surface area contributed by atoms with E-state index in [2.05, 4.69) is 74.9 Å². The number of rotatable bonds is 4. The van der Waals surface area contributed by atoms with Crippen molar-refractivity contribution < 1.29 is 0 Å². The van der Waals surface area contributed by atoms with E-state index in [9.17, 15) is 0 Å². The molecule has 0 aliphatic rings. The van der Waals surface area contributed by atoms with E-state index in [0.717, 1.165) is 5.69 Å². The summed E-state index contributed by atoms with van der Waals surface area (Å²) in [5.74, 6) is 0.584. The van der Waals surface area contributed by atoms with Crippen LogP contribution in [0.2, 0.25) is 0 Å². The van der Waals surface area contributed by atoms with Gasteiger partial charge in [-0.15, -0.1) is 0 Å². The number of anilines is 1. The molecule has 0 saturated carbocycles. The Morgan fingerprint density at radius 3 is 2.26 bits per heavy atom. The maximum atomic E-state index is 3.41. The molecule has 0 radical (unpaired) electrons. The number of aryl methyl sites for hydroxylation is 1. The molecule has 0 fully saturated rings. The normalized spacial score (nSPS) is 10.8. The topological polar surface area (TPSA) is 12.0 Å². The predicted molar refractivity (Wildman–Crippen MR) is 85.9 cm³/mol. The summed E-state index contributed by atoms with van der Waals surface area (Å²) in [6.07, 6.45) is 0. The lowest BCUT2D eigenvalue weighted by Crippen LogP contribution is -1.92. The third kappa shape index (κ3) is 3.54. The molecule has 0 aromatic heterocycles. The van der Waals surface area contributed by atoms with Gasteiger partial charge in [0.2, 0.25) is 0 Å². The average Bonchev–Trinajstić information content (AvgIpc) is 2.41. The van der Waals surface area contributed by atoms with Gasteiger partial charge in [-0.25, -0.2) is 0 Å². The highest BCUT2D eigenvalue weighted by Crippen LogP contribution is 2.26. The fourth-order valence-corrected chi connectivity index (χ4v) is 2.71. The highest BCUT2D eigenvalue weighted by atomic mass is 32.2. The van der Waals surface area contributed by atoms with Crippen LogP contribution in [0.1, 0.15) is 36.5 Å². The van der Waals surface area contributed by atoms with Gasteiger partial charge in [-0.2, -0.15) is 0 Å². The quantitative estimate of drug-likeness (QED) is 0.732. The van der Waals surface area contributed by atoms with Crippen molar-refractivity contribution >= 4 is 17.6 Å². The van der Waals surface area contributed by atoms with Crippen LogP contribution >= 0.6 is 11.9 Å². The zero-order valence-corrected chi connectivity index (χ0v) is 12.8. The third-order valence-electron chi connectivity index (χ3n) is 3.41. The van der Waals surface area contributed by atoms with Gasteiger partial charge < -0.3 is 4.72 Å².